The number of piperidine rings is 1. The first-order valence-electron chi connectivity index (χ1n) is 5.84. The van der Waals surface area contributed by atoms with Crippen molar-refractivity contribution in [2.24, 2.45) is 5.92 Å². The van der Waals surface area contributed by atoms with Gasteiger partial charge in [0, 0.05) is 12.3 Å². The van der Waals surface area contributed by atoms with Gasteiger partial charge in [0.25, 0.3) is 0 Å². The molecule has 1 aromatic carbocycles. The van der Waals surface area contributed by atoms with E-state index in [4.69, 9.17) is 4.74 Å². The Bertz CT molecular complexity index is 472. The van der Waals surface area contributed by atoms with Crippen molar-refractivity contribution in [2.75, 3.05) is 7.11 Å². The van der Waals surface area contributed by atoms with Crippen LogP contribution in [0.2, 0.25) is 0 Å². The van der Waals surface area contributed by atoms with Crippen LogP contribution in [0.1, 0.15) is 36.1 Å². The molecule has 2 bridgehead atoms. The van der Waals surface area contributed by atoms with Gasteiger partial charge in [0.15, 0.2) is 0 Å². The number of rotatable bonds is 1. The van der Waals surface area contributed by atoms with Crippen LogP contribution in [-0.2, 0) is 4.79 Å². The number of carbonyl (C=O) groups is 1. The zero-order valence-electron chi connectivity index (χ0n) is 9.64. The van der Waals surface area contributed by atoms with Crippen LogP contribution in [-0.4, -0.2) is 18.1 Å². The van der Waals surface area contributed by atoms with Crippen LogP contribution >= 0.6 is 0 Å². The number of aliphatic hydroxyl groups excluding tert-OH is 1. The second kappa shape index (κ2) is 3.74. The van der Waals surface area contributed by atoms with Crippen LogP contribution in [0.4, 0.5) is 0 Å². The topological polar surface area (TPSA) is 58.6 Å². The van der Waals surface area contributed by atoms with Crippen molar-refractivity contribution in [3.63, 3.8) is 0 Å². The number of aliphatic hydroxyl groups is 1. The minimum Gasteiger partial charge on any atom is -0.497 e. The van der Waals surface area contributed by atoms with Gasteiger partial charge in [-0.25, -0.2) is 0 Å². The highest BCUT2D eigenvalue weighted by Gasteiger charge is 2.39. The van der Waals surface area contributed by atoms with Crippen molar-refractivity contribution in [1.29, 1.82) is 0 Å². The molecule has 2 N–H and O–H groups in total. The molecule has 1 aliphatic heterocycles. The fraction of sp³-hybridized carbons (Fsp3) is 0.462. The Balaban J connectivity index is 2.08. The van der Waals surface area contributed by atoms with Gasteiger partial charge in [0.2, 0.25) is 5.91 Å². The van der Waals surface area contributed by atoms with Gasteiger partial charge in [-0.3, -0.25) is 4.79 Å². The predicted molar refractivity (Wildman–Crippen MR) is 61.6 cm³/mol. The molecule has 1 aliphatic carbocycles. The van der Waals surface area contributed by atoms with E-state index in [-0.39, 0.29) is 17.9 Å². The molecule has 17 heavy (non-hydrogen) atoms. The summed E-state index contributed by atoms with van der Waals surface area (Å²) in [4.78, 5) is 11.5. The summed E-state index contributed by atoms with van der Waals surface area (Å²) in [5.41, 5.74) is 1.91. The van der Waals surface area contributed by atoms with E-state index < -0.39 is 6.10 Å². The van der Waals surface area contributed by atoms with Crippen molar-refractivity contribution in [2.45, 2.75) is 25.0 Å². The van der Waals surface area contributed by atoms with E-state index in [1.54, 1.807) is 7.11 Å². The maximum atomic E-state index is 11.5. The van der Waals surface area contributed by atoms with Gasteiger partial charge >= 0.3 is 0 Å². The number of carbonyl (C=O) groups excluding carboxylic acids is 1. The number of methoxy groups -OCH3 is 1. The maximum absolute atomic E-state index is 11.5. The van der Waals surface area contributed by atoms with Crippen molar-refractivity contribution < 1.29 is 14.6 Å². The molecule has 0 aromatic heterocycles. The molecule has 4 nitrogen and oxygen atoms in total. The van der Waals surface area contributed by atoms with E-state index in [9.17, 15) is 9.90 Å². The van der Waals surface area contributed by atoms with Gasteiger partial charge in [-0.1, -0.05) is 6.07 Å². The maximum Gasteiger partial charge on any atom is 0.220 e. The van der Waals surface area contributed by atoms with Crippen molar-refractivity contribution in [1.82, 2.24) is 5.32 Å². The van der Waals surface area contributed by atoms with Crippen molar-refractivity contribution in [3.8, 4) is 5.75 Å². The summed E-state index contributed by atoms with van der Waals surface area (Å²) in [6.45, 7) is 0. The van der Waals surface area contributed by atoms with Crippen molar-refractivity contribution >= 4 is 5.91 Å². The molecule has 1 saturated heterocycles. The molecule has 0 unspecified atom stereocenters. The molecular formula is C13H15NO3. The predicted octanol–water partition coefficient (Wildman–Crippen LogP) is 1.31. The summed E-state index contributed by atoms with van der Waals surface area (Å²) in [6.07, 6.45) is 0.703. The smallest absolute Gasteiger partial charge is 0.220 e. The number of benzene rings is 1. The van der Waals surface area contributed by atoms with Crippen LogP contribution in [0.5, 0.6) is 5.75 Å². The Labute approximate surface area is 99.6 Å². The fourth-order valence-corrected chi connectivity index (χ4v) is 2.89. The Morgan fingerprint density at radius 1 is 1.41 bits per heavy atom. The summed E-state index contributed by atoms with van der Waals surface area (Å²) in [5.74, 6) is 0.836. The molecule has 2 aliphatic rings. The first kappa shape index (κ1) is 10.6. The van der Waals surface area contributed by atoms with Crippen LogP contribution in [0.3, 0.4) is 0 Å². The van der Waals surface area contributed by atoms with Gasteiger partial charge < -0.3 is 15.2 Å². The van der Waals surface area contributed by atoms with Gasteiger partial charge in [-0.2, -0.15) is 0 Å². The molecular weight excluding hydrogens is 218 g/mol. The monoisotopic (exact) mass is 233 g/mol. The molecule has 0 spiro atoms. The van der Waals surface area contributed by atoms with Gasteiger partial charge in [0.1, 0.15) is 5.75 Å². The lowest BCUT2D eigenvalue weighted by Gasteiger charge is -2.39. The average Bonchev–Trinajstić information content (AvgIpc) is 2.35. The van der Waals surface area contributed by atoms with E-state index >= 15 is 0 Å². The van der Waals surface area contributed by atoms with E-state index in [1.807, 2.05) is 18.2 Å². The summed E-state index contributed by atoms with van der Waals surface area (Å²) in [6, 6.07) is 5.68. The molecule has 1 heterocycles. The lowest BCUT2D eigenvalue weighted by Crippen LogP contribution is -2.42. The minimum absolute atomic E-state index is 0.0229. The number of hydrogen-bond donors (Lipinski definition) is 2. The van der Waals surface area contributed by atoms with Gasteiger partial charge in [-0.05, 0) is 29.7 Å². The third-order valence-electron chi connectivity index (χ3n) is 3.76. The molecule has 0 saturated carbocycles. The Kier molecular flexibility index (Phi) is 2.33. The molecule has 1 aromatic rings. The quantitative estimate of drug-likeness (QED) is 0.769. The first-order chi connectivity index (χ1) is 8.19. The normalized spacial score (nSPS) is 30.5. The zero-order chi connectivity index (χ0) is 12.0. The van der Waals surface area contributed by atoms with Gasteiger partial charge in [-0.15, -0.1) is 0 Å². The highest BCUT2D eigenvalue weighted by Crippen LogP contribution is 2.44. The lowest BCUT2D eigenvalue weighted by atomic mass is 9.74. The van der Waals surface area contributed by atoms with Crippen LogP contribution in [0, 0.1) is 5.92 Å². The van der Waals surface area contributed by atoms with E-state index in [2.05, 4.69) is 5.32 Å². The average molecular weight is 233 g/mol. The minimum atomic E-state index is -0.529. The Hall–Kier alpha value is -1.55. The van der Waals surface area contributed by atoms with Crippen LogP contribution < -0.4 is 10.1 Å². The summed E-state index contributed by atoms with van der Waals surface area (Å²) < 4.78 is 5.19. The Morgan fingerprint density at radius 3 is 3.00 bits per heavy atom. The largest absolute Gasteiger partial charge is 0.497 e. The van der Waals surface area contributed by atoms with Crippen molar-refractivity contribution in [3.05, 3.63) is 29.3 Å². The summed E-state index contributed by atoms with van der Waals surface area (Å²) in [7, 11) is 1.61. The standard InChI is InChI=1S/C13H15NO3/c1-17-8-2-3-9-10(6-8)11-4-7(13(9)16)5-12(15)14-11/h2-3,6-7,11,13,16H,4-5H2,1H3,(H,14,15)/t7-,11+,13+/m0/s1. The van der Waals surface area contributed by atoms with E-state index in [0.717, 1.165) is 23.3 Å². The number of amides is 1. The molecule has 4 heteroatoms. The summed E-state index contributed by atoms with van der Waals surface area (Å²) >= 11 is 0. The third kappa shape index (κ3) is 1.60. The molecule has 3 atom stereocenters. The van der Waals surface area contributed by atoms with Crippen LogP contribution in [0.25, 0.3) is 0 Å². The SMILES string of the molecule is COc1ccc2c(c1)[C@H]1C[C@@H](CC(=O)N1)[C@H]2O. The molecule has 1 fully saturated rings. The molecule has 1 amide bonds. The highest BCUT2D eigenvalue weighted by atomic mass is 16.5. The third-order valence-corrected chi connectivity index (χ3v) is 3.76. The molecule has 90 valence electrons. The van der Waals surface area contributed by atoms with Gasteiger partial charge in [0.05, 0.1) is 19.3 Å². The van der Waals surface area contributed by atoms with Crippen LogP contribution in [0.15, 0.2) is 18.2 Å². The Morgan fingerprint density at radius 2 is 2.24 bits per heavy atom. The summed E-state index contributed by atoms with van der Waals surface area (Å²) in [5, 5.41) is 13.2. The second-order valence-corrected chi connectivity index (χ2v) is 4.76. The highest BCUT2D eigenvalue weighted by molar-refractivity contribution is 5.78. The number of hydrogen-bond acceptors (Lipinski definition) is 3. The number of ether oxygens (including phenoxy) is 1. The fourth-order valence-electron chi connectivity index (χ4n) is 2.89. The molecule has 3 rings (SSSR count). The second-order valence-electron chi connectivity index (χ2n) is 4.76. The number of nitrogens with one attached hydrogen (secondary N) is 1. The first-order valence-corrected chi connectivity index (χ1v) is 5.84. The lowest BCUT2D eigenvalue weighted by molar-refractivity contribution is -0.127. The zero-order valence-corrected chi connectivity index (χ0v) is 9.64. The molecule has 0 radical (unpaired) electrons. The number of fused-ring (bicyclic) bond motifs is 4. The van der Waals surface area contributed by atoms with E-state index in [0.29, 0.717) is 6.42 Å². The van der Waals surface area contributed by atoms with E-state index in [1.165, 1.54) is 0 Å².